The standard InChI is InChI=1S/C26H31N7/c1-19(2)26-23(21-5-6-24(29-17-21)32-13-8-20(16-27)9-14-32)18-33(30-26)22-7-10-28-25(15-22)31-11-3-4-12-31/h5-7,10,15,17-20H,3-4,8-9,11-14H2,1-2H3. The molecule has 0 spiro atoms. The van der Waals surface area contributed by atoms with Gasteiger partial charge in [-0.25, -0.2) is 14.6 Å². The Balaban J connectivity index is 1.41. The van der Waals surface area contributed by atoms with Crippen molar-refractivity contribution in [2.75, 3.05) is 36.0 Å². The summed E-state index contributed by atoms with van der Waals surface area (Å²) in [5, 5.41) is 14.1. The molecule has 3 aromatic heterocycles. The molecule has 0 aromatic carbocycles. The second-order valence-corrected chi connectivity index (χ2v) is 9.39. The van der Waals surface area contributed by atoms with Crippen LogP contribution in [0.2, 0.25) is 0 Å². The molecule has 5 heterocycles. The Morgan fingerprint density at radius 2 is 1.73 bits per heavy atom. The van der Waals surface area contributed by atoms with E-state index < -0.39 is 0 Å². The zero-order valence-corrected chi connectivity index (χ0v) is 19.5. The number of nitriles is 1. The molecule has 33 heavy (non-hydrogen) atoms. The summed E-state index contributed by atoms with van der Waals surface area (Å²) >= 11 is 0. The third-order valence-electron chi connectivity index (χ3n) is 6.77. The molecule has 0 radical (unpaired) electrons. The largest absolute Gasteiger partial charge is 0.357 e. The molecule has 5 rings (SSSR count). The zero-order chi connectivity index (χ0) is 22.8. The molecule has 7 nitrogen and oxygen atoms in total. The Morgan fingerprint density at radius 1 is 0.970 bits per heavy atom. The Labute approximate surface area is 195 Å². The van der Waals surface area contributed by atoms with Crippen LogP contribution < -0.4 is 9.80 Å². The molecule has 0 unspecified atom stereocenters. The molecule has 2 aliphatic heterocycles. The van der Waals surface area contributed by atoms with E-state index in [2.05, 4.69) is 59.1 Å². The lowest BCUT2D eigenvalue weighted by molar-refractivity contribution is 0.485. The fourth-order valence-corrected chi connectivity index (χ4v) is 4.81. The molecule has 0 bridgehead atoms. The van der Waals surface area contributed by atoms with E-state index in [1.165, 1.54) is 12.8 Å². The van der Waals surface area contributed by atoms with Crippen molar-refractivity contribution in [2.24, 2.45) is 5.92 Å². The lowest BCUT2D eigenvalue weighted by Gasteiger charge is -2.30. The van der Waals surface area contributed by atoms with Crippen molar-refractivity contribution in [2.45, 2.75) is 45.4 Å². The summed E-state index contributed by atoms with van der Waals surface area (Å²) < 4.78 is 1.98. The van der Waals surface area contributed by atoms with Crippen LogP contribution in [-0.2, 0) is 0 Å². The number of piperidine rings is 1. The quantitative estimate of drug-likeness (QED) is 0.567. The third-order valence-corrected chi connectivity index (χ3v) is 6.77. The predicted molar refractivity (Wildman–Crippen MR) is 131 cm³/mol. The minimum absolute atomic E-state index is 0.180. The van der Waals surface area contributed by atoms with Crippen LogP contribution in [0.15, 0.2) is 42.9 Å². The van der Waals surface area contributed by atoms with Gasteiger partial charge < -0.3 is 9.80 Å². The first-order chi connectivity index (χ1) is 16.1. The molecular formula is C26H31N7. The van der Waals surface area contributed by atoms with Crippen LogP contribution in [0, 0.1) is 17.2 Å². The number of pyridine rings is 2. The smallest absolute Gasteiger partial charge is 0.130 e. The number of nitrogens with zero attached hydrogens (tertiary/aromatic N) is 7. The molecule has 3 aromatic rings. The van der Waals surface area contributed by atoms with Crippen molar-refractivity contribution in [3.63, 3.8) is 0 Å². The van der Waals surface area contributed by atoms with E-state index in [9.17, 15) is 0 Å². The molecule has 7 heteroatoms. The van der Waals surface area contributed by atoms with Crippen LogP contribution in [0.1, 0.15) is 51.1 Å². The summed E-state index contributed by atoms with van der Waals surface area (Å²) in [5.41, 5.74) is 4.30. The monoisotopic (exact) mass is 441 g/mol. The second kappa shape index (κ2) is 9.22. The van der Waals surface area contributed by atoms with E-state index in [1.54, 1.807) is 0 Å². The predicted octanol–water partition coefficient (Wildman–Crippen LogP) is 4.79. The van der Waals surface area contributed by atoms with Crippen molar-refractivity contribution in [1.82, 2.24) is 19.7 Å². The van der Waals surface area contributed by atoms with Gasteiger partial charge in [0.05, 0.1) is 17.5 Å². The van der Waals surface area contributed by atoms with Crippen molar-refractivity contribution in [3.05, 3.63) is 48.5 Å². The highest BCUT2D eigenvalue weighted by molar-refractivity contribution is 5.67. The lowest BCUT2D eigenvalue weighted by Crippen LogP contribution is -2.33. The Kier molecular flexibility index (Phi) is 5.99. The second-order valence-electron chi connectivity index (χ2n) is 9.39. The number of anilines is 2. The van der Waals surface area contributed by atoms with Gasteiger partial charge in [0, 0.05) is 67.9 Å². The van der Waals surface area contributed by atoms with Crippen molar-refractivity contribution < 1.29 is 0 Å². The molecular weight excluding hydrogens is 410 g/mol. The third kappa shape index (κ3) is 4.43. The minimum Gasteiger partial charge on any atom is -0.357 e. The Hall–Kier alpha value is -3.40. The van der Waals surface area contributed by atoms with Gasteiger partial charge in [-0.05, 0) is 49.8 Å². The van der Waals surface area contributed by atoms with Gasteiger partial charge in [0.2, 0.25) is 0 Å². The molecule has 0 N–H and O–H groups in total. The molecule has 2 saturated heterocycles. The topological polar surface area (TPSA) is 73.9 Å². The molecule has 2 fully saturated rings. The van der Waals surface area contributed by atoms with Gasteiger partial charge in [-0.1, -0.05) is 13.8 Å². The van der Waals surface area contributed by atoms with E-state index in [4.69, 9.17) is 15.3 Å². The fourth-order valence-electron chi connectivity index (χ4n) is 4.81. The first-order valence-corrected chi connectivity index (χ1v) is 12.0. The molecule has 2 aliphatic rings. The zero-order valence-electron chi connectivity index (χ0n) is 19.5. The molecule has 0 amide bonds. The highest BCUT2D eigenvalue weighted by atomic mass is 15.3. The maximum Gasteiger partial charge on any atom is 0.130 e. The van der Waals surface area contributed by atoms with Gasteiger partial charge in [-0.2, -0.15) is 10.4 Å². The summed E-state index contributed by atoms with van der Waals surface area (Å²) in [6.45, 7) is 8.29. The van der Waals surface area contributed by atoms with Crippen molar-refractivity contribution in [1.29, 1.82) is 5.26 Å². The molecule has 0 atom stereocenters. The SMILES string of the molecule is CC(C)c1nn(-c2ccnc(N3CCCC3)c2)cc1-c1ccc(N2CCC(C#N)CC2)nc1. The van der Waals surface area contributed by atoms with E-state index in [0.29, 0.717) is 5.92 Å². The summed E-state index contributed by atoms with van der Waals surface area (Å²) in [5.74, 6) is 2.49. The minimum atomic E-state index is 0.180. The fraction of sp³-hybridized carbons (Fsp3) is 0.462. The highest BCUT2D eigenvalue weighted by Crippen LogP contribution is 2.31. The molecule has 170 valence electrons. The van der Waals surface area contributed by atoms with Crippen LogP contribution in [0.5, 0.6) is 0 Å². The van der Waals surface area contributed by atoms with Crippen LogP contribution in [0.3, 0.4) is 0 Å². The average molecular weight is 442 g/mol. The van der Waals surface area contributed by atoms with Crippen LogP contribution >= 0.6 is 0 Å². The first kappa shape index (κ1) is 21.4. The van der Waals surface area contributed by atoms with Crippen LogP contribution in [0.4, 0.5) is 11.6 Å². The number of hydrogen-bond acceptors (Lipinski definition) is 6. The number of aromatic nitrogens is 4. The summed E-state index contributed by atoms with van der Waals surface area (Å²) in [6, 6.07) is 10.8. The van der Waals surface area contributed by atoms with Crippen LogP contribution in [-0.4, -0.2) is 45.9 Å². The van der Waals surface area contributed by atoms with Gasteiger partial charge in [-0.15, -0.1) is 0 Å². The van der Waals surface area contributed by atoms with E-state index >= 15 is 0 Å². The Morgan fingerprint density at radius 3 is 2.39 bits per heavy atom. The van der Waals surface area contributed by atoms with Gasteiger partial charge in [0.25, 0.3) is 0 Å². The van der Waals surface area contributed by atoms with E-state index in [1.807, 2.05) is 23.1 Å². The van der Waals surface area contributed by atoms with Crippen molar-refractivity contribution >= 4 is 11.6 Å². The molecule has 0 saturated carbocycles. The van der Waals surface area contributed by atoms with Gasteiger partial charge in [-0.3, -0.25) is 0 Å². The van der Waals surface area contributed by atoms with E-state index in [0.717, 1.165) is 73.2 Å². The number of hydrogen-bond donors (Lipinski definition) is 0. The molecule has 0 aliphatic carbocycles. The highest BCUT2D eigenvalue weighted by Gasteiger charge is 2.21. The maximum absolute atomic E-state index is 9.14. The Bertz CT molecular complexity index is 1130. The van der Waals surface area contributed by atoms with Crippen molar-refractivity contribution in [3.8, 4) is 22.9 Å². The first-order valence-electron chi connectivity index (χ1n) is 12.0. The summed E-state index contributed by atoms with van der Waals surface area (Å²) in [7, 11) is 0. The van der Waals surface area contributed by atoms with Gasteiger partial charge in [0.1, 0.15) is 11.6 Å². The van der Waals surface area contributed by atoms with Gasteiger partial charge >= 0.3 is 0 Å². The normalized spacial score (nSPS) is 17.0. The lowest BCUT2D eigenvalue weighted by atomic mass is 9.98. The summed E-state index contributed by atoms with van der Waals surface area (Å²) in [4.78, 5) is 14.0. The van der Waals surface area contributed by atoms with E-state index in [-0.39, 0.29) is 5.92 Å². The van der Waals surface area contributed by atoms with Crippen LogP contribution in [0.25, 0.3) is 16.8 Å². The van der Waals surface area contributed by atoms with Gasteiger partial charge in [0.15, 0.2) is 0 Å². The number of rotatable bonds is 5. The maximum atomic E-state index is 9.14. The summed E-state index contributed by atoms with van der Waals surface area (Å²) in [6.07, 6.45) is 10.2. The average Bonchev–Trinajstić information content (AvgIpc) is 3.55.